The number of allylic oxidation sites excluding steroid dienone is 1. The summed E-state index contributed by atoms with van der Waals surface area (Å²) in [6.07, 6.45) is 0. The first-order valence-electron chi connectivity index (χ1n) is 8.09. The summed E-state index contributed by atoms with van der Waals surface area (Å²) in [5, 5.41) is 15.4. The summed E-state index contributed by atoms with van der Waals surface area (Å²) in [5.74, 6) is -0.917. The van der Waals surface area contributed by atoms with E-state index >= 15 is 0 Å². The molecule has 0 bridgehead atoms. The van der Waals surface area contributed by atoms with Gasteiger partial charge in [-0.05, 0) is 72.8 Å². The molecule has 0 radical (unpaired) electrons. The molecule has 1 heterocycles. The number of carbonyl (C=O) groups is 2. The van der Waals surface area contributed by atoms with Crippen molar-refractivity contribution in [1.29, 1.82) is 0 Å². The molecule has 0 spiro atoms. The fraction of sp³-hybridized carbons (Fsp3) is 0.105. The zero-order chi connectivity index (χ0) is 19.6. The number of hydrogen-bond acceptors (Lipinski definition) is 5. The Morgan fingerprint density at radius 3 is 2.44 bits per heavy atom. The maximum absolute atomic E-state index is 12.8. The molecular formula is C19H17IN4O3. The van der Waals surface area contributed by atoms with E-state index in [1.807, 2.05) is 24.3 Å². The highest BCUT2D eigenvalue weighted by molar-refractivity contribution is 14.1. The summed E-state index contributed by atoms with van der Waals surface area (Å²) < 4.78 is 1.06. The van der Waals surface area contributed by atoms with E-state index in [0.717, 1.165) is 3.57 Å². The molecule has 0 unspecified atom stereocenters. The van der Waals surface area contributed by atoms with Crippen molar-refractivity contribution in [1.82, 2.24) is 10.9 Å². The Hall–Kier alpha value is -2.88. The second-order valence-corrected chi connectivity index (χ2v) is 7.12. The molecule has 3 N–H and O–H groups in total. The highest BCUT2D eigenvalue weighted by Crippen LogP contribution is 2.25. The van der Waals surface area contributed by atoms with Gasteiger partial charge in [0.2, 0.25) is 0 Å². The van der Waals surface area contributed by atoms with Gasteiger partial charge in [0.1, 0.15) is 5.75 Å². The largest absolute Gasteiger partial charge is 0.507 e. The topological polar surface area (TPSA) is 94.0 Å². The molecule has 8 heteroatoms. The Balaban J connectivity index is 1.76. The molecule has 2 aromatic rings. The number of nitrogens with one attached hydrogen (secondary N) is 2. The van der Waals surface area contributed by atoms with E-state index in [1.165, 1.54) is 17.1 Å². The highest BCUT2D eigenvalue weighted by Gasteiger charge is 2.30. The van der Waals surface area contributed by atoms with Crippen LogP contribution in [0.15, 0.2) is 64.9 Å². The zero-order valence-corrected chi connectivity index (χ0v) is 16.8. The first kappa shape index (κ1) is 18.9. The Morgan fingerprint density at radius 1 is 1.11 bits per heavy atom. The smallest absolute Gasteiger partial charge is 0.282 e. The Labute approximate surface area is 169 Å². The van der Waals surface area contributed by atoms with E-state index in [-0.39, 0.29) is 17.2 Å². The van der Waals surface area contributed by atoms with Crippen LogP contribution < -0.4 is 15.9 Å². The Kier molecular flexibility index (Phi) is 5.45. The third-order valence-electron chi connectivity index (χ3n) is 3.98. The van der Waals surface area contributed by atoms with Crippen molar-refractivity contribution >= 4 is 45.8 Å². The summed E-state index contributed by atoms with van der Waals surface area (Å²) in [5.41, 5.74) is 7.40. The number of aromatic hydroxyl groups is 1. The average Bonchev–Trinajstić information content (AvgIpc) is 2.95. The number of anilines is 1. The van der Waals surface area contributed by atoms with Gasteiger partial charge in [0.05, 0.1) is 22.5 Å². The van der Waals surface area contributed by atoms with Crippen LogP contribution in [0.1, 0.15) is 24.2 Å². The van der Waals surface area contributed by atoms with E-state index in [1.54, 1.807) is 26.0 Å². The number of rotatable bonds is 4. The van der Waals surface area contributed by atoms with Crippen LogP contribution in [0.4, 0.5) is 5.69 Å². The number of hydrogen-bond donors (Lipinski definition) is 3. The van der Waals surface area contributed by atoms with Gasteiger partial charge in [-0.25, -0.2) is 0 Å². The lowest BCUT2D eigenvalue weighted by Crippen LogP contribution is -2.37. The van der Waals surface area contributed by atoms with Crippen molar-refractivity contribution in [3.05, 3.63) is 68.9 Å². The summed E-state index contributed by atoms with van der Waals surface area (Å²) >= 11 is 2.19. The summed E-state index contributed by atoms with van der Waals surface area (Å²) in [4.78, 5) is 25.0. The lowest BCUT2D eigenvalue weighted by Gasteiger charge is -2.14. The van der Waals surface area contributed by atoms with E-state index in [2.05, 4.69) is 38.5 Å². The molecule has 2 amide bonds. The van der Waals surface area contributed by atoms with E-state index in [9.17, 15) is 14.7 Å². The third-order valence-corrected chi connectivity index (χ3v) is 4.70. The molecule has 0 aliphatic carbocycles. The van der Waals surface area contributed by atoms with Crippen molar-refractivity contribution in [3.63, 3.8) is 0 Å². The standard InChI is InChI=1S/C19H17IN4O3/c1-11(21-22-18(26)15-5-3-4-6-16(15)25)17-12(2)23-24(19(17)27)14-9-7-13(20)8-10-14/h3-10,21,25H,1-2H3,(H,22,26)/b17-11-. The minimum atomic E-state index is -0.512. The number of phenolic OH excluding ortho intramolecular Hbond substituents is 1. The third kappa shape index (κ3) is 3.95. The van der Waals surface area contributed by atoms with Crippen LogP contribution in [0.5, 0.6) is 5.75 Å². The second-order valence-electron chi connectivity index (χ2n) is 5.88. The molecule has 138 valence electrons. The molecule has 1 aliphatic rings. The molecular weight excluding hydrogens is 459 g/mol. The van der Waals surface area contributed by atoms with Crippen LogP contribution in [0, 0.1) is 3.57 Å². The van der Waals surface area contributed by atoms with Gasteiger partial charge in [-0.15, -0.1) is 0 Å². The predicted molar refractivity (Wildman–Crippen MR) is 111 cm³/mol. The maximum Gasteiger partial charge on any atom is 0.282 e. The molecule has 7 nitrogen and oxygen atoms in total. The minimum absolute atomic E-state index is 0.123. The van der Waals surface area contributed by atoms with Crippen LogP contribution in [0.3, 0.4) is 0 Å². The van der Waals surface area contributed by atoms with Crippen molar-refractivity contribution in [2.75, 3.05) is 5.01 Å². The van der Waals surface area contributed by atoms with Gasteiger partial charge in [0.25, 0.3) is 11.8 Å². The molecule has 0 saturated carbocycles. The van der Waals surface area contributed by atoms with Crippen molar-refractivity contribution in [2.45, 2.75) is 13.8 Å². The van der Waals surface area contributed by atoms with E-state index in [0.29, 0.717) is 22.7 Å². The number of hydrazone groups is 1. The van der Waals surface area contributed by atoms with Gasteiger partial charge in [-0.1, -0.05) is 12.1 Å². The van der Waals surface area contributed by atoms with Crippen molar-refractivity contribution in [2.24, 2.45) is 5.10 Å². The molecule has 0 saturated heterocycles. The van der Waals surface area contributed by atoms with Gasteiger partial charge in [-0.3, -0.25) is 15.0 Å². The van der Waals surface area contributed by atoms with Gasteiger partial charge >= 0.3 is 0 Å². The second kappa shape index (κ2) is 7.78. The lowest BCUT2D eigenvalue weighted by molar-refractivity contribution is -0.114. The molecule has 2 aromatic carbocycles. The van der Waals surface area contributed by atoms with Crippen LogP contribution in [-0.2, 0) is 4.79 Å². The SMILES string of the molecule is CC1=NN(c2ccc(I)cc2)C(=O)/C1=C(/C)NNC(=O)c1ccccc1O. The molecule has 27 heavy (non-hydrogen) atoms. The molecule has 3 rings (SSSR count). The molecule has 0 atom stereocenters. The predicted octanol–water partition coefficient (Wildman–Crippen LogP) is 2.93. The first-order valence-corrected chi connectivity index (χ1v) is 9.17. The van der Waals surface area contributed by atoms with Gasteiger partial charge in [-0.2, -0.15) is 10.1 Å². The van der Waals surface area contributed by atoms with E-state index in [4.69, 9.17) is 0 Å². The molecule has 1 aliphatic heterocycles. The number of para-hydroxylation sites is 1. The minimum Gasteiger partial charge on any atom is -0.507 e. The number of phenols is 1. The van der Waals surface area contributed by atoms with Crippen LogP contribution in [-0.4, -0.2) is 22.6 Å². The number of carbonyl (C=O) groups excluding carboxylic acids is 2. The van der Waals surface area contributed by atoms with Gasteiger partial charge in [0.15, 0.2) is 0 Å². The molecule has 0 aromatic heterocycles. The van der Waals surface area contributed by atoms with Crippen LogP contribution in [0.25, 0.3) is 0 Å². The van der Waals surface area contributed by atoms with Crippen molar-refractivity contribution in [3.8, 4) is 5.75 Å². The lowest BCUT2D eigenvalue weighted by atomic mass is 10.1. The summed E-state index contributed by atoms with van der Waals surface area (Å²) in [7, 11) is 0. The monoisotopic (exact) mass is 476 g/mol. The average molecular weight is 476 g/mol. The fourth-order valence-electron chi connectivity index (χ4n) is 2.64. The Morgan fingerprint density at radius 2 is 1.78 bits per heavy atom. The quantitative estimate of drug-likeness (QED) is 0.360. The van der Waals surface area contributed by atoms with Gasteiger partial charge in [0, 0.05) is 9.27 Å². The van der Waals surface area contributed by atoms with Crippen molar-refractivity contribution < 1.29 is 14.7 Å². The van der Waals surface area contributed by atoms with Crippen LogP contribution in [0.2, 0.25) is 0 Å². The number of amides is 2. The number of hydrazine groups is 1. The molecule has 0 fully saturated rings. The Bertz CT molecular complexity index is 967. The number of benzene rings is 2. The number of halogens is 1. The van der Waals surface area contributed by atoms with E-state index < -0.39 is 5.91 Å². The highest BCUT2D eigenvalue weighted by atomic mass is 127. The normalized spacial score (nSPS) is 15.4. The summed E-state index contributed by atoms with van der Waals surface area (Å²) in [6.45, 7) is 3.41. The van der Waals surface area contributed by atoms with Gasteiger partial charge < -0.3 is 10.5 Å². The summed E-state index contributed by atoms with van der Waals surface area (Å²) in [6, 6.07) is 13.6. The zero-order valence-electron chi connectivity index (χ0n) is 14.7. The fourth-order valence-corrected chi connectivity index (χ4v) is 3.00. The van der Waals surface area contributed by atoms with Crippen LogP contribution >= 0.6 is 22.6 Å². The first-order chi connectivity index (χ1) is 12.9. The maximum atomic E-state index is 12.8. The number of nitrogens with zero attached hydrogens (tertiary/aromatic N) is 2.